The predicted octanol–water partition coefficient (Wildman–Crippen LogP) is 5.18. The van der Waals surface area contributed by atoms with Gasteiger partial charge in [0.1, 0.15) is 11.4 Å². The Kier molecular flexibility index (Phi) is 5.79. The van der Waals surface area contributed by atoms with Crippen molar-refractivity contribution in [3.05, 3.63) is 52.4 Å². The molecule has 1 aromatic carbocycles. The molecule has 1 aliphatic rings. The molecule has 31 heavy (non-hydrogen) atoms. The van der Waals surface area contributed by atoms with Crippen LogP contribution in [-0.2, 0) is 0 Å². The Morgan fingerprint density at radius 3 is 2.42 bits per heavy atom. The molecule has 3 N–H and O–H groups in total. The summed E-state index contributed by atoms with van der Waals surface area (Å²) >= 11 is 0. The quantitative estimate of drug-likeness (QED) is 0.501. The van der Waals surface area contributed by atoms with Crippen molar-refractivity contribution in [2.45, 2.75) is 63.8 Å². The Hall–Kier alpha value is -2.81. The number of anilines is 2. The second-order valence-electron chi connectivity index (χ2n) is 8.34. The fourth-order valence-corrected chi connectivity index (χ4v) is 4.22. The number of nitrogens with zero attached hydrogens (tertiary/aromatic N) is 2. The SMILES string of the molecule is CC(C)NC(c1ccc(Nc2nn(C3CCCC3)c3cc[nH]c(=O)c23)cc1)C(F)(F)F. The molecule has 0 spiro atoms. The second kappa shape index (κ2) is 8.37. The fraction of sp³-hybridized carbons (Fsp3) is 0.455. The number of alkyl halides is 3. The lowest BCUT2D eigenvalue weighted by atomic mass is 10.1. The second-order valence-corrected chi connectivity index (χ2v) is 8.34. The summed E-state index contributed by atoms with van der Waals surface area (Å²) in [5.74, 6) is 0.407. The number of pyridine rings is 1. The van der Waals surface area contributed by atoms with E-state index < -0.39 is 12.2 Å². The molecule has 0 bridgehead atoms. The van der Waals surface area contributed by atoms with Crippen LogP contribution in [0.1, 0.15) is 57.2 Å². The van der Waals surface area contributed by atoms with E-state index in [1.165, 1.54) is 12.1 Å². The van der Waals surface area contributed by atoms with Crippen molar-refractivity contribution in [3.63, 3.8) is 0 Å². The van der Waals surface area contributed by atoms with E-state index >= 15 is 0 Å². The number of hydrogen-bond donors (Lipinski definition) is 3. The molecule has 1 atom stereocenters. The minimum atomic E-state index is -4.40. The molecule has 166 valence electrons. The number of nitrogens with one attached hydrogen (secondary N) is 3. The zero-order valence-corrected chi connectivity index (χ0v) is 17.5. The Labute approximate surface area is 177 Å². The lowest BCUT2D eigenvalue weighted by Gasteiger charge is -2.24. The van der Waals surface area contributed by atoms with Gasteiger partial charge in [0.2, 0.25) is 0 Å². The van der Waals surface area contributed by atoms with Gasteiger partial charge in [-0.15, -0.1) is 0 Å². The molecule has 2 aromatic heterocycles. The third-order valence-electron chi connectivity index (χ3n) is 5.63. The molecule has 2 heterocycles. The monoisotopic (exact) mass is 433 g/mol. The van der Waals surface area contributed by atoms with Gasteiger partial charge in [0.05, 0.1) is 11.6 Å². The summed E-state index contributed by atoms with van der Waals surface area (Å²) in [7, 11) is 0. The molecular weight excluding hydrogens is 407 g/mol. The normalized spacial score (nSPS) is 16.3. The third kappa shape index (κ3) is 4.46. The first-order valence-electron chi connectivity index (χ1n) is 10.5. The van der Waals surface area contributed by atoms with Crippen LogP contribution in [-0.4, -0.2) is 27.0 Å². The molecule has 0 amide bonds. The molecule has 6 nitrogen and oxygen atoms in total. The fourth-order valence-electron chi connectivity index (χ4n) is 4.22. The van der Waals surface area contributed by atoms with Gasteiger partial charge in [-0.3, -0.25) is 9.48 Å². The van der Waals surface area contributed by atoms with Gasteiger partial charge in [-0.05, 0) is 36.6 Å². The molecular formula is C22H26F3N5O. The van der Waals surface area contributed by atoms with Crippen molar-refractivity contribution in [2.75, 3.05) is 5.32 Å². The smallest absolute Gasteiger partial charge is 0.338 e. The molecule has 1 saturated carbocycles. The standard InChI is InChI=1S/C22H26F3N5O/c1-13(2)27-19(22(23,24)25)14-7-9-15(10-8-14)28-20-18-17(11-12-26-21(18)31)30(29-20)16-5-3-4-6-16/h7-13,16,19,27H,3-6H2,1-2H3,(H,26,31)(H,28,29). The topological polar surface area (TPSA) is 74.7 Å². The minimum absolute atomic E-state index is 0.131. The van der Waals surface area contributed by atoms with Crippen LogP contribution >= 0.6 is 0 Å². The molecule has 1 aliphatic carbocycles. The summed E-state index contributed by atoms with van der Waals surface area (Å²) < 4.78 is 42.3. The first-order valence-corrected chi connectivity index (χ1v) is 10.5. The minimum Gasteiger partial charge on any atom is -0.338 e. The van der Waals surface area contributed by atoms with E-state index in [9.17, 15) is 18.0 Å². The average molecular weight is 433 g/mol. The first kappa shape index (κ1) is 21.4. The van der Waals surface area contributed by atoms with Gasteiger partial charge in [0.15, 0.2) is 5.82 Å². The van der Waals surface area contributed by atoms with Gasteiger partial charge in [-0.1, -0.05) is 38.8 Å². The van der Waals surface area contributed by atoms with Gasteiger partial charge < -0.3 is 15.6 Å². The zero-order chi connectivity index (χ0) is 22.2. The van der Waals surface area contributed by atoms with E-state index in [1.54, 1.807) is 32.2 Å². The Morgan fingerprint density at radius 1 is 1.13 bits per heavy atom. The van der Waals surface area contributed by atoms with E-state index in [1.807, 2.05) is 10.7 Å². The molecule has 0 aliphatic heterocycles. The summed E-state index contributed by atoms with van der Waals surface area (Å²) in [6, 6.07) is 6.06. The van der Waals surface area contributed by atoms with Crippen LogP contribution in [0.4, 0.5) is 24.7 Å². The van der Waals surface area contributed by atoms with Crippen LogP contribution < -0.4 is 16.2 Å². The number of benzene rings is 1. The lowest BCUT2D eigenvalue weighted by Crippen LogP contribution is -2.38. The van der Waals surface area contributed by atoms with Crippen LogP contribution in [0.25, 0.3) is 10.9 Å². The number of H-pyrrole nitrogens is 1. The third-order valence-corrected chi connectivity index (χ3v) is 5.63. The number of hydrogen-bond acceptors (Lipinski definition) is 4. The first-order chi connectivity index (χ1) is 14.7. The van der Waals surface area contributed by atoms with Crippen LogP contribution in [0.5, 0.6) is 0 Å². The van der Waals surface area contributed by atoms with E-state index in [2.05, 4.69) is 20.7 Å². The highest BCUT2D eigenvalue weighted by molar-refractivity contribution is 5.91. The maximum atomic E-state index is 13.5. The van der Waals surface area contributed by atoms with Crippen LogP contribution in [0.2, 0.25) is 0 Å². The van der Waals surface area contributed by atoms with E-state index in [-0.39, 0.29) is 23.2 Å². The van der Waals surface area contributed by atoms with E-state index in [0.717, 1.165) is 31.2 Å². The molecule has 4 rings (SSSR count). The van der Waals surface area contributed by atoms with Crippen LogP contribution in [0.15, 0.2) is 41.3 Å². The largest absolute Gasteiger partial charge is 0.407 e. The molecule has 9 heteroatoms. The number of fused-ring (bicyclic) bond motifs is 1. The Morgan fingerprint density at radius 2 is 1.81 bits per heavy atom. The number of aromatic nitrogens is 3. The average Bonchev–Trinajstić information content (AvgIpc) is 3.35. The van der Waals surface area contributed by atoms with Gasteiger partial charge in [-0.2, -0.15) is 18.3 Å². The van der Waals surface area contributed by atoms with Gasteiger partial charge in [0.25, 0.3) is 5.56 Å². The Balaban J connectivity index is 1.65. The summed E-state index contributed by atoms with van der Waals surface area (Å²) in [4.78, 5) is 15.2. The highest BCUT2D eigenvalue weighted by Gasteiger charge is 2.40. The van der Waals surface area contributed by atoms with Gasteiger partial charge in [-0.25, -0.2) is 0 Å². The lowest BCUT2D eigenvalue weighted by molar-refractivity contribution is -0.159. The number of rotatable bonds is 6. The van der Waals surface area contributed by atoms with Crippen LogP contribution in [0, 0.1) is 0 Å². The van der Waals surface area contributed by atoms with Crippen molar-refractivity contribution in [3.8, 4) is 0 Å². The van der Waals surface area contributed by atoms with Crippen molar-refractivity contribution in [1.82, 2.24) is 20.1 Å². The Bertz CT molecular complexity index is 1100. The van der Waals surface area contributed by atoms with Crippen LogP contribution in [0.3, 0.4) is 0 Å². The summed E-state index contributed by atoms with van der Waals surface area (Å²) in [6.07, 6.45) is 1.49. The highest BCUT2D eigenvalue weighted by Crippen LogP contribution is 2.35. The summed E-state index contributed by atoms with van der Waals surface area (Å²) in [6.45, 7) is 3.36. The van der Waals surface area contributed by atoms with E-state index in [0.29, 0.717) is 16.9 Å². The summed E-state index contributed by atoms with van der Waals surface area (Å²) in [5, 5.41) is 10.8. The van der Waals surface area contributed by atoms with Gasteiger partial charge >= 0.3 is 6.18 Å². The molecule has 0 radical (unpaired) electrons. The molecule has 1 unspecified atom stereocenters. The van der Waals surface area contributed by atoms with Crippen molar-refractivity contribution >= 4 is 22.4 Å². The maximum absolute atomic E-state index is 13.5. The number of halogens is 3. The van der Waals surface area contributed by atoms with Crippen molar-refractivity contribution in [2.24, 2.45) is 0 Å². The zero-order valence-electron chi connectivity index (χ0n) is 17.5. The molecule has 0 saturated heterocycles. The summed E-state index contributed by atoms with van der Waals surface area (Å²) in [5.41, 5.74) is 1.20. The van der Waals surface area contributed by atoms with Crippen molar-refractivity contribution < 1.29 is 13.2 Å². The molecule has 3 aromatic rings. The number of aromatic amines is 1. The maximum Gasteiger partial charge on any atom is 0.407 e. The van der Waals surface area contributed by atoms with Crippen molar-refractivity contribution in [1.29, 1.82) is 0 Å². The van der Waals surface area contributed by atoms with E-state index in [4.69, 9.17) is 0 Å². The van der Waals surface area contributed by atoms with Gasteiger partial charge in [0, 0.05) is 17.9 Å². The highest BCUT2D eigenvalue weighted by atomic mass is 19.4. The predicted molar refractivity (Wildman–Crippen MR) is 115 cm³/mol. The molecule has 1 fully saturated rings.